The summed E-state index contributed by atoms with van der Waals surface area (Å²) in [5.74, 6) is 0.252. The van der Waals surface area contributed by atoms with Crippen LogP contribution in [-0.4, -0.2) is 5.78 Å². The maximum Gasteiger partial charge on any atom is 0.160 e. The van der Waals surface area contributed by atoms with Crippen LogP contribution in [0.15, 0.2) is 11.1 Å². The number of allylic oxidation sites excluding steroid dienone is 2. The van der Waals surface area contributed by atoms with Crippen molar-refractivity contribution in [1.29, 1.82) is 5.26 Å². The summed E-state index contributed by atoms with van der Waals surface area (Å²) in [4.78, 5) is 12.8. The lowest BCUT2D eigenvalue weighted by Crippen LogP contribution is -2.50. The molecule has 2 bridgehead atoms. The summed E-state index contributed by atoms with van der Waals surface area (Å²) in [6.45, 7) is 11.2. The average Bonchev–Trinajstić information content (AvgIpc) is 2.21. The van der Waals surface area contributed by atoms with Gasteiger partial charge in [-0.1, -0.05) is 40.2 Å². The monoisotopic (exact) mass is 285 g/mol. The minimum atomic E-state index is -0.516. The Kier molecular flexibility index (Phi) is 2.82. The number of nitrogens with zero attached hydrogens (tertiary/aromatic N) is 1. The number of nitriles is 1. The molecular formula is C19H27NO. The molecule has 0 aromatic carbocycles. The van der Waals surface area contributed by atoms with E-state index in [0.717, 1.165) is 37.7 Å². The van der Waals surface area contributed by atoms with Crippen LogP contribution in [0.25, 0.3) is 0 Å². The van der Waals surface area contributed by atoms with Crippen molar-refractivity contribution in [2.24, 2.45) is 21.7 Å². The van der Waals surface area contributed by atoms with Gasteiger partial charge in [0.25, 0.3) is 0 Å². The van der Waals surface area contributed by atoms with E-state index in [1.807, 2.05) is 0 Å². The normalized spacial score (nSPS) is 40.5. The van der Waals surface area contributed by atoms with Crippen LogP contribution in [0.4, 0.5) is 0 Å². The van der Waals surface area contributed by atoms with E-state index in [9.17, 15) is 10.1 Å². The molecule has 2 nitrogen and oxygen atoms in total. The number of hydrogen-bond acceptors (Lipinski definition) is 2. The largest absolute Gasteiger partial charge is 0.294 e. The average molecular weight is 285 g/mol. The van der Waals surface area contributed by atoms with E-state index in [0.29, 0.717) is 6.42 Å². The Hall–Kier alpha value is -1.10. The zero-order chi connectivity index (χ0) is 15.7. The number of carbonyl (C=O) groups excluding carboxylic acids is 1. The Morgan fingerprint density at radius 1 is 0.905 bits per heavy atom. The number of ketones is 1. The first kappa shape index (κ1) is 14.8. The SMILES string of the molecule is CC1(C)CC(=O)C2=C(C1)C[C@]1(C)CC(C)(C)C[C@@]2(C#N)C1. The molecule has 2 heteroatoms. The smallest absolute Gasteiger partial charge is 0.160 e. The third-order valence-corrected chi connectivity index (χ3v) is 5.71. The summed E-state index contributed by atoms with van der Waals surface area (Å²) in [7, 11) is 0. The summed E-state index contributed by atoms with van der Waals surface area (Å²) >= 11 is 0. The van der Waals surface area contributed by atoms with Gasteiger partial charge >= 0.3 is 0 Å². The molecule has 114 valence electrons. The third kappa shape index (κ3) is 2.26. The van der Waals surface area contributed by atoms with Crippen LogP contribution in [0, 0.1) is 33.0 Å². The minimum Gasteiger partial charge on any atom is -0.294 e. The van der Waals surface area contributed by atoms with Gasteiger partial charge in [-0.05, 0) is 48.3 Å². The summed E-state index contributed by atoms with van der Waals surface area (Å²) < 4.78 is 0. The summed E-state index contributed by atoms with van der Waals surface area (Å²) in [5.41, 5.74) is 2.11. The molecular weight excluding hydrogens is 258 g/mol. The van der Waals surface area contributed by atoms with E-state index in [1.54, 1.807) is 0 Å². The highest BCUT2D eigenvalue weighted by Gasteiger charge is 2.58. The zero-order valence-corrected chi connectivity index (χ0v) is 14.1. The number of fused-ring (bicyclic) bond motifs is 3. The van der Waals surface area contributed by atoms with Crippen molar-refractivity contribution >= 4 is 5.78 Å². The molecule has 21 heavy (non-hydrogen) atoms. The lowest BCUT2D eigenvalue weighted by atomic mass is 9.46. The zero-order valence-electron chi connectivity index (χ0n) is 14.1. The lowest BCUT2D eigenvalue weighted by Gasteiger charge is -2.56. The summed E-state index contributed by atoms with van der Waals surface area (Å²) in [6, 6.07) is 2.61. The summed E-state index contributed by atoms with van der Waals surface area (Å²) in [6.07, 6.45) is 5.50. The van der Waals surface area contributed by atoms with E-state index in [-0.39, 0.29) is 22.0 Å². The number of carbonyl (C=O) groups is 1. The second-order valence-corrected chi connectivity index (χ2v) is 9.80. The minimum absolute atomic E-state index is 0.0596. The van der Waals surface area contributed by atoms with E-state index < -0.39 is 5.41 Å². The van der Waals surface area contributed by atoms with Gasteiger partial charge in [0.2, 0.25) is 0 Å². The Labute approximate surface area is 128 Å². The van der Waals surface area contributed by atoms with E-state index in [1.165, 1.54) is 5.57 Å². The molecule has 0 aromatic rings. The highest BCUT2D eigenvalue weighted by molar-refractivity contribution is 5.99. The Bertz CT molecular complexity index is 589. The van der Waals surface area contributed by atoms with Gasteiger partial charge in [0.1, 0.15) is 0 Å². The second-order valence-electron chi connectivity index (χ2n) is 9.80. The predicted octanol–water partition coefficient (Wildman–Crippen LogP) is 4.80. The van der Waals surface area contributed by atoms with Crippen LogP contribution in [0.2, 0.25) is 0 Å². The van der Waals surface area contributed by atoms with E-state index >= 15 is 0 Å². The Morgan fingerprint density at radius 2 is 1.57 bits per heavy atom. The van der Waals surface area contributed by atoms with Crippen molar-refractivity contribution in [2.75, 3.05) is 0 Å². The molecule has 0 spiro atoms. The van der Waals surface area contributed by atoms with Crippen molar-refractivity contribution in [3.63, 3.8) is 0 Å². The van der Waals surface area contributed by atoms with E-state index in [4.69, 9.17) is 0 Å². The summed E-state index contributed by atoms with van der Waals surface area (Å²) in [5, 5.41) is 9.99. The molecule has 3 rings (SSSR count). The molecule has 0 radical (unpaired) electrons. The van der Waals surface area contributed by atoms with Gasteiger partial charge in [-0.25, -0.2) is 0 Å². The quantitative estimate of drug-likeness (QED) is 0.641. The van der Waals surface area contributed by atoms with Crippen LogP contribution >= 0.6 is 0 Å². The Balaban J connectivity index is 2.18. The van der Waals surface area contributed by atoms with Crippen LogP contribution in [0.3, 0.4) is 0 Å². The molecule has 0 aliphatic heterocycles. The third-order valence-electron chi connectivity index (χ3n) is 5.71. The molecule has 3 aliphatic carbocycles. The molecule has 1 fully saturated rings. The molecule has 3 aliphatic rings. The number of rotatable bonds is 0. The van der Waals surface area contributed by atoms with Crippen molar-refractivity contribution in [3.8, 4) is 6.07 Å². The van der Waals surface area contributed by atoms with Crippen molar-refractivity contribution in [1.82, 2.24) is 0 Å². The van der Waals surface area contributed by atoms with Crippen LogP contribution in [0.1, 0.15) is 73.1 Å². The maximum absolute atomic E-state index is 12.8. The molecule has 0 N–H and O–H groups in total. The molecule has 0 amide bonds. The predicted molar refractivity (Wildman–Crippen MR) is 83.5 cm³/mol. The van der Waals surface area contributed by atoms with Gasteiger partial charge in [0.05, 0.1) is 11.5 Å². The van der Waals surface area contributed by atoms with Crippen molar-refractivity contribution in [2.45, 2.75) is 73.1 Å². The fraction of sp³-hybridized carbons (Fsp3) is 0.789. The highest BCUT2D eigenvalue weighted by atomic mass is 16.1. The van der Waals surface area contributed by atoms with Crippen LogP contribution < -0.4 is 0 Å². The van der Waals surface area contributed by atoms with E-state index in [2.05, 4.69) is 40.7 Å². The van der Waals surface area contributed by atoms with Crippen LogP contribution in [-0.2, 0) is 4.79 Å². The number of hydrogen-bond donors (Lipinski definition) is 0. The second kappa shape index (κ2) is 4.00. The Morgan fingerprint density at radius 3 is 2.19 bits per heavy atom. The molecule has 0 aromatic heterocycles. The van der Waals surface area contributed by atoms with Crippen molar-refractivity contribution < 1.29 is 4.79 Å². The molecule has 2 atom stereocenters. The fourth-order valence-electron chi connectivity index (χ4n) is 6.05. The lowest BCUT2D eigenvalue weighted by molar-refractivity contribution is -0.120. The van der Waals surface area contributed by atoms with Crippen LogP contribution in [0.5, 0.6) is 0 Å². The molecule has 1 saturated carbocycles. The highest BCUT2D eigenvalue weighted by Crippen LogP contribution is 2.64. The van der Waals surface area contributed by atoms with Gasteiger partial charge in [-0.15, -0.1) is 0 Å². The first-order valence-corrected chi connectivity index (χ1v) is 8.17. The van der Waals surface area contributed by atoms with Gasteiger partial charge in [0, 0.05) is 12.0 Å². The first-order chi connectivity index (χ1) is 9.50. The maximum atomic E-state index is 12.8. The first-order valence-electron chi connectivity index (χ1n) is 8.17. The molecule has 0 unspecified atom stereocenters. The fourth-order valence-corrected chi connectivity index (χ4v) is 6.05. The topological polar surface area (TPSA) is 40.9 Å². The van der Waals surface area contributed by atoms with Gasteiger partial charge in [-0.2, -0.15) is 5.26 Å². The number of Topliss-reactive ketones (excluding diaryl/α,β-unsaturated/α-hetero) is 1. The van der Waals surface area contributed by atoms with Crippen molar-refractivity contribution in [3.05, 3.63) is 11.1 Å². The van der Waals surface area contributed by atoms with Gasteiger partial charge in [-0.3, -0.25) is 4.79 Å². The van der Waals surface area contributed by atoms with Gasteiger partial charge in [0.15, 0.2) is 5.78 Å². The standard InChI is InChI=1S/C19H27NO/c1-16(2)6-13-7-18(5)9-17(3,4)10-19(11-18,12-20)15(13)14(21)8-16/h6-11H2,1-5H3/t18-,19+/m1/s1. The molecule has 0 heterocycles. The molecule has 0 saturated heterocycles. The van der Waals surface area contributed by atoms with Gasteiger partial charge < -0.3 is 0 Å².